The minimum absolute atomic E-state index is 0.0185. The Hall–Kier alpha value is -1.23. The highest BCUT2D eigenvalue weighted by molar-refractivity contribution is 5.42. The molecule has 0 aromatic carbocycles. The van der Waals surface area contributed by atoms with Crippen LogP contribution in [0.15, 0.2) is 12.3 Å². The number of hydrogen-bond acceptors (Lipinski definition) is 3. The molecule has 0 saturated carbocycles. The van der Waals surface area contributed by atoms with Crippen molar-refractivity contribution in [3.05, 3.63) is 23.4 Å². The summed E-state index contributed by atoms with van der Waals surface area (Å²) in [6.07, 6.45) is -3.24. The van der Waals surface area contributed by atoms with E-state index in [1.165, 1.54) is 12.3 Å². The lowest BCUT2D eigenvalue weighted by molar-refractivity contribution is -0.00553. The molecular formula is C8H10F2N2O. The summed E-state index contributed by atoms with van der Waals surface area (Å²) < 4.78 is 24.2. The van der Waals surface area contributed by atoms with Gasteiger partial charge in [0, 0.05) is 11.8 Å². The van der Waals surface area contributed by atoms with Crippen molar-refractivity contribution in [1.82, 2.24) is 4.98 Å². The lowest BCUT2D eigenvalue weighted by atomic mass is 10.1. The van der Waals surface area contributed by atoms with Crippen molar-refractivity contribution in [3.63, 3.8) is 0 Å². The second-order valence-electron chi connectivity index (χ2n) is 2.77. The molecule has 0 fully saturated rings. The van der Waals surface area contributed by atoms with E-state index in [0.29, 0.717) is 5.56 Å². The normalized spacial score (nSPS) is 13.3. The van der Waals surface area contributed by atoms with E-state index in [2.05, 4.69) is 4.98 Å². The number of aliphatic hydroxyl groups excluding tert-OH is 1. The van der Waals surface area contributed by atoms with Gasteiger partial charge in [0.05, 0.1) is 0 Å². The minimum Gasteiger partial charge on any atom is -0.383 e. The molecule has 0 aliphatic rings. The average molecular weight is 188 g/mol. The fraction of sp³-hybridized carbons (Fsp3) is 0.375. The smallest absolute Gasteiger partial charge is 0.268 e. The zero-order valence-electron chi connectivity index (χ0n) is 7.04. The number of aryl methyl sites for hydroxylation is 1. The summed E-state index contributed by atoms with van der Waals surface area (Å²) >= 11 is 0. The Balaban J connectivity index is 3.05. The number of hydrogen-bond donors (Lipinski definition) is 2. The van der Waals surface area contributed by atoms with Crippen LogP contribution in [0, 0.1) is 6.92 Å². The summed E-state index contributed by atoms with van der Waals surface area (Å²) in [5.41, 5.74) is 5.99. The molecule has 0 aliphatic heterocycles. The van der Waals surface area contributed by atoms with Crippen LogP contribution in [0.4, 0.5) is 14.6 Å². The minimum atomic E-state index is -2.84. The van der Waals surface area contributed by atoms with Crippen molar-refractivity contribution in [3.8, 4) is 0 Å². The average Bonchev–Trinajstić information content (AvgIpc) is 2.08. The fourth-order valence-corrected chi connectivity index (χ4v) is 0.975. The van der Waals surface area contributed by atoms with Gasteiger partial charge in [0.1, 0.15) is 11.9 Å². The standard InChI is InChI=1S/C8H10F2N2O/c1-4-2-5(6(13)7(9)10)8(11)12-3-4/h2-3,6-7,13H,1H3,(H2,11,12). The van der Waals surface area contributed by atoms with E-state index in [1.54, 1.807) is 6.92 Å². The Kier molecular flexibility index (Phi) is 2.77. The number of nitrogens with zero attached hydrogens (tertiary/aromatic N) is 1. The summed E-state index contributed by atoms with van der Waals surface area (Å²) in [5.74, 6) is -0.0570. The van der Waals surface area contributed by atoms with Gasteiger partial charge in [-0.2, -0.15) is 0 Å². The monoisotopic (exact) mass is 188 g/mol. The lowest BCUT2D eigenvalue weighted by Gasteiger charge is -2.11. The molecule has 3 nitrogen and oxygen atoms in total. The zero-order valence-corrected chi connectivity index (χ0v) is 7.04. The number of halogens is 2. The van der Waals surface area contributed by atoms with Crippen LogP contribution in [0.25, 0.3) is 0 Å². The van der Waals surface area contributed by atoms with Gasteiger partial charge in [-0.25, -0.2) is 13.8 Å². The Bertz CT molecular complexity index is 304. The molecule has 1 atom stereocenters. The van der Waals surface area contributed by atoms with Gasteiger partial charge in [-0.05, 0) is 18.6 Å². The van der Waals surface area contributed by atoms with Gasteiger partial charge in [-0.15, -0.1) is 0 Å². The van der Waals surface area contributed by atoms with Crippen molar-refractivity contribution in [1.29, 1.82) is 0 Å². The van der Waals surface area contributed by atoms with E-state index >= 15 is 0 Å². The van der Waals surface area contributed by atoms with Crippen molar-refractivity contribution in [2.75, 3.05) is 5.73 Å². The fourth-order valence-electron chi connectivity index (χ4n) is 0.975. The highest BCUT2D eigenvalue weighted by Gasteiger charge is 2.21. The molecule has 3 N–H and O–H groups in total. The third-order valence-corrected chi connectivity index (χ3v) is 1.64. The number of alkyl halides is 2. The van der Waals surface area contributed by atoms with Crippen LogP contribution >= 0.6 is 0 Å². The van der Waals surface area contributed by atoms with E-state index in [-0.39, 0.29) is 11.4 Å². The summed E-state index contributed by atoms with van der Waals surface area (Å²) in [5, 5.41) is 9.03. The van der Waals surface area contributed by atoms with Crippen LogP contribution in [0.5, 0.6) is 0 Å². The lowest BCUT2D eigenvalue weighted by Crippen LogP contribution is -2.11. The van der Waals surface area contributed by atoms with Crippen LogP contribution in [0.2, 0.25) is 0 Å². The molecule has 1 rings (SSSR count). The van der Waals surface area contributed by atoms with Crippen molar-refractivity contribution < 1.29 is 13.9 Å². The number of nitrogens with two attached hydrogens (primary N) is 1. The molecule has 1 unspecified atom stereocenters. The molecule has 5 heteroatoms. The third-order valence-electron chi connectivity index (χ3n) is 1.64. The second-order valence-corrected chi connectivity index (χ2v) is 2.77. The largest absolute Gasteiger partial charge is 0.383 e. The SMILES string of the molecule is Cc1cnc(N)c(C(O)C(F)F)c1. The van der Waals surface area contributed by atoms with Gasteiger partial charge in [-0.3, -0.25) is 0 Å². The Morgan fingerprint density at radius 3 is 2.69 bits per heavy atom. The predicted molar refractivity (Wildman–Crippen MR) is 44.4 cm³/mol. The van der Waals surface area contributed by atoms with Gasteiger partial charge in [0.25, 0.3) is 6.43 Å². The van der Waals surface area contributed by atoms with E-state index in [1.807, 2.05) is 0 Å². The van der Waals surface area contributed by atoms with Crippen molar-refractivity contribution in [2.45, 2.75) is 19.5 Å². The topological polar surface area (TPSA) is 59.1 Å². The van der Waals surface area contributed by atoms with Gasteiger partial charge in [-0.1, -0.05) is 0 Å². The molecule has 0 amide bonds. The van der Waals surface area contributed by atoms with E-state index < -0.39 is 12.5 Å². The van der Waals surface area contributed by atoms with Crippen LogP contribution in [0.1, 0.15) is 17.2 Å². The van der Waals surface area contributed by atoms with Crippen molar-refractivity contribution in [2.24, 2.45) is 0 Å². The predicted octanol–water partition coefficient (Wildman–Crippen LogP) is 1.27. The number of aromatic nitrogens is 1. The maximum atomic E-state index is 12.1. The van der Waals surface area contributed by atoms with Gasteiger partial charge in [0.2, 0.25) is 0 Å². The Morgan fingerprint density at radius 2 is 2.15 bits per heavy atom. The molecule has 0 saturated heterocycles. The summed E-state index contributed by atoms with van der Waals surface area (Å²) in [6.45, 7) is 1.69. The molecule has 1 aromatic rings. The van der Waals surface area contributed by atoms with Gasteiger partial charge < -0.3 is 10.8 Å². The number of nitrogen functional groups attached to an aromatic ring is 1. The quantitative estimate of drug-likeness (QED) is 0.734. The van der Waals surface area contributed by atoms with E-state index in [0.717, 1.165) is 0 Å². The van der Waals surface area contributed by atoms with Crippen molar-refractivity contribution >= 4 is 5.82 Å². The molecule has 0 bridgehead atoms. The highest BCUT2D eigenvalue weighted by atomic mass is 19.3. The summed E-state index contributed by atoms with van der Waals surface area (Å²) in [6, 6.07) is 1.40. The Morgan fingerprint density at radius 1 is 1.54 bits per heavy atom. The summed E-state index contributed by atoms with van der Waals surface area (Å²) in [4.78, 5) is 3.67. The number of anilines is 1. The molecule has 72 valence electrons. The number of aliphatic hydroxyl groups is 1. The first-order valence-electron chi connectivity index (χ1n) is 3.70. The second kappa shape index (κ2) is 3.66. The highest BCUT2D eigenvalue weighted by Crippen LogP contribution is 2.24. The van der Waals surface area contributed by atoms with Gasteiger partial charge >= 0.3 is 0 Å². The molecule has 0 radical (unpaired) electrons. The van der Waals surface area contributed by atoms with Gasteiger partial charge in [0.15, 0.2) is 0 Å². The first kappa shape index (κ1) is 9.85. The molecule has 0 spiro atoms. The maximum Gasteiger partial charge on any atom is 0.268 e. The first-order chi connectivity index (χ1) is 6.02. The number of pyridine rings is 1. The van der Waals surface area contributed by atoms with Crippen LogP contribution in [-0.4, -0.2) is 16.5 Å². The molecule has 0 aliphatic carbocycles. The maximum absolute atomic E-state index is 12.1. The zero-order chi connectivity index (χ0) is 10.0. The van der Waals surface area contributed by atoms with Crippen LogP contribution in [0.3, 0.4) is 0 Å². The Labute approximate surface area is 74.2 Å². The third kappa shape index (κ3) is 2.12. The van der Waals surface area contributed by atoms with Crippen LogP contribution in [-0.2, 0) is 0 Å². The molecular weight excluding hydrogens is 178 g/mol. The molecule has 13 heavy (non-hydrogen) atoms. The molecule has 1 heterocycles. The van der Waals surface area contributed by atoms with E-state index in [4.69, 9.17) is 10.8 Å². The summed E-state index contributed by atoms with van der Waals surface area (Å²) in [7, 11) is 0. The number of rotatable bonds is 2. The van der Waals surface area contributed by atoms with Crippen LogP contribution < -0.4 is 5.73 Å². The molecule has 1 aromatic heterocycles. The first-order valence-corrected chi connectivity index (χ1v) is 3.70. The van der Waals surface area contributed by atoms with E-state index in [9.17, 15) is 8.78 Å².